The van der Waals surface area contributed by atoms with Gasteiger partial charge in [0.1, 0.15) is 22.9 Å². The first kappa shape index (κ1) is 21.0. The van der Waals surface area contributed by atoms with E-state index < -0.39 is 12.0 Å². The van der Waals surface area contributed by atoms with Gasteiger partial charge in [-0.2, -0.15) is 5.26 Å². The first-order chi connectivity index (χ1) is 14.6. The van der Waals surface area contributed by atoms with Crippen molar-refractivity contribution in [2.45, 2.75) is 19.4 Å². The first-order valence-corrected chi connectivity index (χ1v) is 10.1. The molecule has 30 heavy (non-hydrogen) atoms. The molecule has 0 aliphatic rings. The van der Waals surface area contributed by atoms with E-state index in [9.17, 15) is 20.0 Å². The average Bonchev–Trinajstić information content (AvgIpc) is 3.29. The van der Waals surface area contributed by atoms with Gasteiger partial charge in [-0.05, 0) is 30.7 Å². The number of carbonyl (C=O) groups is 2. The summed E-state index contributed by atoms with van der Waals surface area (Å²) in [5.74, 6) is -0.765. The number of nitriles is 1. The molecule has 3 aromatic rings. The smallest absolute Gasteiger partial charge is 0.327 e. The van der Waals surface area contributed by atoms with E-state index in [0.29, 0.717) is 24.5 Å². The Morgan fingerprint density at radius 2 is 2.17 bits per heavy atom. The maximum atomic E-state index is 12.1. The monoisotopic (exact) mass is 421 g/mol. The number of thiazole rings is 1. The fraction of sp³-hybridized carbons (Fsp3) is 0.182. The van der Waals surface area contributed by atoms with E-state index >= 15 is 0 Å². The summed E-state index contributed by atoms with van der Waals surface area (Å²) >= 11 is 1.46. The summed E-state index contributed by atoms with van der Waals surface area (Å²) < 4.78 is 5.41. The molecule has 0 aliphatic heterocycles. The highest BCUT2D eigenvalue weighted by Crippen LogP contribution is 2.29. The minimum Gasteiger partial charge on any atom is -0.492 e. The highest BCUT2D eigenvalue weighted by Gasteiger charge is 2.28. The largest absolute Gasteiger partial charge is 0.492 e. The van der Waals surface area contributed by atoms with Crippen molar-refractivity contribution in [3.05, 3.63) is 65.2 Å². The maximum absolute atomic E-state index is 12.1. The van der Waals surface area contributed by atoms with Crippen LogP contribution in [0, 0.1) is 11.3 Å². The Kier molecular flexibility index (Phi) is 6.78. The van der Waals surface area contributed by atoms with Gasteiger partial charge in [0.05, 0.1) is 12.2 Å². The van der Waals surface area contributed by atoms with Crippen LogP contribution in [0.1, 0.15) is 18.1 Å². The molecule has 0 bridgehead atoms. The number of benzene rings is 2. The second-order valence-electron chi connectivity index (χ2n) is 6.29. The third kappa shape index (κ3) is 4.47. The molecular formula is C22H19N3O4S. The van der Waals surface area contributed by atoms with Crippen molar-refractivity contribution < 1.29 is 19.4 Å². The van der Waals surface area contributed by atoms with Gasteiger partial charge in [0.2, 0.25) is 6.41 Å². The van der Waals surface area contributed by atoms with Crippen molar-refractivity contribution in [1.82, 2.24) is 4.98 Å². The standard InChI is InChI=1S/C22H19N3O4S/c1-2-29-20-8-7-17(11-16(20)13-23)25(14-26)19(22(27)28)12-15-5-3-4-6-18(15)21-24-9-10-30-21/h3-11,14,19H,2,12H2,1H3,(H,27,28)/t19-/m0/s1. The van der Waals surface area contributed by atoms with Crippen molar-refractivity contribution in [2.75, 3.05) is 11.5 Å². The summed E-state index contributed by atoms with van der Waals surface area (Å²) in [4.78, 5) is 29.4. The van der Waals surface area contributed by atoms with Gasteiger partial charge in [0.15, 0.2) is 0 Å². The highest BCUT2D eigenvalue weighted by atomic mass is 32.1. The van der Waals surface area contributed by atoms with Gasteiger partial charge in [-0.1, -0.05) is 24.3 Å². The molecule has 1 aromatic heterocycles. The zero-order valence-electron chi connectivity index (χ0n) is 16.2. The number of amides is 1. The molecule has 1 N–H and O–H groups in total. The van der Waals surface area contributed by atoms with Crippen LogP contribution < -0.4 is 9.64 Å². The summed E-state index contributed by atoms with van der Waals surface area (Å²) in [6.07, 6.45) is 2.24. The van der Waals surface area contributed by atoms with Crippen LogP contribution in [0.15, 0.2) is 54.0 Å². The highest BCUT2D eigenvalue weighted by molar-refractivity contribution is 7.13. The summed E-state index contributed by atoms with van der Waals surface area (Å²) in [7, 11) is 0. The van der Waals surface area contributed by atoms with Gasteiger partial charge in [0.25, 0.3) is 0 Å². The fourth-order valence-electron chi connectivity index (χ4n) is 3.14. The second kappa shape index (κ2) is 9.67. The van der Waals surface area contributed by atoms with E-state index in [4.69, 9.17) is 4.74 Å². The zero-order chi connectivity index (χ0) is 21.5. The van der Waals surface area contributed by atoms with Crippen molar-refractivity contribution in [3.63, 3.8) is 0 Å². The normalized spacial score (nSPS) is 11.3. The summed E-state index contributed by atoms with van der Waals surface area (Å²) in [5, 5.41) is 21.9. The third-order valence-corrected chi connectivity index (χ3v) is 5.32. The molecule has 8 heteroatoms. The van der Waals surface area contributed by atoms with Crippen LogP contribution >= 0.6 is 11.3 Å². The van der Waals surface area contributed by atoms with Crippen LogP contribution in [0.25, 0.3) is 10.6 Å². The van der Waals surface area contributed by atoms with Crippen LogP contribution in [0.3, 0.4) is 0 Å². The predicted molar refractivity (Wildman–Crippen MR) is 114 cm³/mol. The lowest BCUT2D eigenvalue weighted by Crippen LogP contribution is -2.42. The number of aromatic nitrogens is 1. The Bertz CT molecular complexity index is 1080. The summed E-state index contributed by atoms with van der Waals surface area (Å²) in [5.41, 5.74) is 2.13. The molecule has 7 nitrogen and oxygen atoms in total. The number of nitrogens with zero attached hydrogens (tertiary/aromatic N) is 3. The van der Waals surface area contributed by atoms with Crippen molar-refractivity contribution in [3.8, 4) is 22.4 Å². The topological polar surface area (TPSA) is 104 Å². The number of rotatable bonds is 9. The first-order valence-electron chi connectivity index (χ1n) is 9.20. The molecule has 1 atom stereocenters. The zero-order valence-corrected chi connectivity index (χ0v) is 17.0. The van der Waals surface area contributed by atoms with Crippen LogP contribution in [-0.4, -0.2) is 35.1 Å². The van der Waals surface area contributed by atoms with E-state index in [-0.39, 0.29) is 12.0 Å². The van der Waals surface area contributed by atoms with E-state index in [0.717, 1.165) is 21.0 Å². The molecule has 0 saturated heterocycles. The lowest BCUT2D eigenvalue weighted by molar-refractivity contribution is -0.139. The number of hydrogen-bond acceptors (Lipinski definition) is 6. The summed E-state index contributed by atoms with van der Waals surface area (Å²) in [6, 6.07) is 12.8. The minimum absolute atomic E-state index is 0.0823. The number of ether oxygens (including phenoxy) is 1. The Labute approximate surface area is 177 Å². The number of carbonyl (C=O) groups excluding carboxylic acids is 1. The van der Waals surface area contributed by atoms with E-state index in [1.807, 2.05) is 35.7 Å². The molecule has 1 amide bonds. The summed E-state index contributed by atoms with van der Waals surface area (Å²) in [6.45, 7) is 2.18. The SMILES string of the molecule is CCOc1ccc(N(C=O)[C@@H](Cc2ccccc2-c2nccs2)C(=O)O)cc1C#N. The Morgan fingerprint density at radius 3 is 2.80 bits per heavy atom. The van der Waals surface area contributed by atoms with E-state index in [1.165, 1.54) is 17.4 Å². The molecule has 0 aliphatic carbocycles. The molecule has 2 aromatic carbocycles. The number of carboxylic acids is 1. The fourth-order valence-corrected chi connectivity index (χ4v) is 3.84. The molecule has 152 valence electrons. The molecule has 0 spiro atoms. The predicted octanol–water partition coefficient (Wildman–Crippen LogP) is 3.74. The Morgan fingerprint density at radius 1 is 1.37 bits per heavy atom. The lowest BCUT2D eigenvalue weighted by Gasteiger charge is -2.26. The van der Waals surface area contributed by atoms with E-state index in [1.54, 1.807) is 25.3 Å². The molecule has 1 heterocycles. The molecular weight excluding hydrogens is 402 g/mol. The quantitative estimate of drug-likeness (QED) is 0.528. The van der Waals surface area contributed by atoms with Crippen molar-refractivity contribution in [1.29, 1.82) is 5.26 Å². The van der Waals surface area contributed by atoms with Gasteiger partial charge < -0.3 is 14.7 Å². The molecule has 0 unspecified atom stereocenters. The number of hydrogen-bond donors (Lipinski definition) is 1. The van der Waals surface area contributed by atoms with Gasteiger partial charge in [-0.15, -0.1) is 11.3 Å². The van der Waals surface area contributed by atoms with Crippen LogP contribution in [-0.2, 0) is 16.0 Å². The van der Waals surface area contributed by atoms with Crippen molar-refractivity contribution >= 4 is 29.4 Å². The number of carboxylic acid groups (broad SMARTS) is 1. The third-order valence-electron chi connectivity index (χ3n) is 4.51. The Balaban J connectivity index is 1.98. The van der Waals surface area contributed by atoms with Crippen LogP contribution in [0.4, 0.5) is 5.69 Å². The van der Waals surface area contributed by atoms with Gasteiger partial charge >= 0.3 is 5.97 Å². The lowest BCUT2D eigenvalue weighted by atomic mass is 9.99. The number of anilines is 1. The van der Waals surface area contributed by atoms with Gasteiger partial charge in [0, 0.05) is 29.2 Å². The molecule has 0 saturated carbocycles. The maximum Gasteiger partial charge on any atom is 0.327 e. The van der Waals surface area contributed by atoms with Gasteiger partial charge in [-0.25, -0.2) is 9.78 Å². The molecule has 0 radical (unpaired) electrons. The van der Waals surface area contributed by atoms with Gasteiger partial charge in [-0.3, -0.25) is 4.79 Å². The van der Waals surface area contributed by atoms with Crippen molar-refractivity contribution in [2.24, 2.45) is 0 Å². The average molecular weight is 421 g/mol. The van der Waals surface area contributed by atoms with E-state index in [2.05, 4.69) is 4.98 Å². The molecule has 0 fully saturated rings. The minimum atomic E-state index is -1.16. The second-order valence-corrected chi connectivity index (χ2v) is 7.19. The molecule has 3 rings (SSSR count). The van der Waals surface area contributed by atoms with Crippen LogP contribution in [0.5, 0.6) is 5.75 Å². The Hall–Kier alpha value is -3.70. The number of aliphatic carboxylic acids is 1. The van der Waals surface area contributed by atoms with Crippen LogP contribution in [0.2, 0.25) is 0 Å².